The average molecular weight is 247 g/mol. The molecule has 2 aliphatic rings. The highest BCUT2D eigenvalue weighted by atomic mass is 15.1. The molecule has 1 saturated carbocycles. The zero-order valence-electron chi connectivity index (χ0n) is 10.7. The smallest absolute Gasteiger partial charge is 0.131 e. The predicted octanol–water partition coefficient (Wildman–Crippen LogP) is 1.60. The van der Waals surface area contributed by atoms with E-state index in [9.17, 15) is 0 Å². The van der Waals surface area contributed by atoms with Crippen LogP contribution < -0.4 is 16.0 Å². The van der Waals surface area contributed by atoms with E-state index < -0.39 is 0 Å². The number of anilines is 2. The molecule has 2 fully saturated rings. The fourth-order valence-corrected chi connectivity index (χ4v) is 2.30. The molecule has 5 nitrogen and oxygen atoms in total. The molecule has 1 saturated heterocycles. The molecule has 5 heteroatoms. The normalized spacial score (nSPS) is 23.7. The molecule has 1 atom stereocenters. The summed E-state index contributed by atoms with van der Waals surface area (Å²) in [4.78, 5) is 8.50. The molecule has 0 bridgehead atoms. The Kier molecular flexibility index (Phi) is 3.59. The minimum Gasteiger partial charge on any atom is -0.368 e. The summed E-state index contributed by atoms with van der Waals surface area (Å²) in [7, 11) is 0. The van der Waals surface area contributed by atoms with Crippen molar-refractivity contribution in [2.24, 2.45) is 0 Å². The Bertz CT molecular complexity index is 385. The summed E-state index contributed by atoms with van der Waals surface area (Å²) < 4.78 is 0. The highest BCUT2D eigenvalue weighted by Gasteiger charge is 2.21. The van der Waals surface area contributed by atoms with Gasteiger partial charge in [0, 0.05) is 24.7 Å². The Morgan fingerprint density at radius 1 is 1.17 bits per heavy atom. The fourth-order valence-electron chi connectivity index (χ4n) is 2.30. The lowest BCUT2D eigenvalue weighted by molar-refractivity contribution is 0.414. The van der Waals surface area contributed by atoms with Crippen LogP contribution in [0.15, 0.2) is 12.4 Å². The van der Waals surface area contributed by atoms with Crippen LogP contribution in [0.4, 0.5) is 11.6 Å². The number of hydrogen-bond acceptors (Lipinski definition) is 5. The molecule has 0 aromatic carbocycles. The van der Waals surface area contributed by atoms with Crippen molar-refractivity contribution in [2.45, 2.75) is 44.2 Å². The van der Waals surface area contributed by atoms with Crippen molar-refractivity contribution in [3.05, 3.63) is 12.4 Å². The highest BCUT2D eigenvalue weighted by molar-refractivity contribution is 5.47. The van der Waals surface area contributed by atoms with Crippen molar-refractivity contribution in [3.8, 4) is 0 Å². The maximum absolute atomic E-state index is 4.26. The van der Waals surface area contributed by atoms with Crippen LogP contribution >= 0.6 is 0 Å². The molecule has 0 spiro atoms. The SMILES string of the molecule is c1nc(NCC2CCCCN2)cc(NC2CC2)n1. The third-order valence-electron chi connectivity index (χ3n) is 3.54. The first-order valence-corrected chi connectivity index (χ1v) is 6.96. The molecule has 3 rings (SSSR count). The molecule has 3 N–H and O–H groups in total. The first-order chi connectivity index (χ1) is 8.90. The van der Waals surface area contributed by atoms with Gasteiger partial charge in [-0.15, -0.1) is 0 Å². The number of nitrogens with one attached hydrogen (secondary N) is 3. The van der Waals surface area contributed by atoms with E-state index in [0.717, 1.165) is 24.7 Å². The number of piperidine rings is 1. The first kappa shape index (κ1) is 11.7. The van der Waals surface area contributed by atoms with Crippen LogP contribution in [0.5, 0.6) is 0 Å². The minimum atomic E-state index is 0.577. The Labute approximate surface area is 108 Å². The standard InChI is InChI=1S/C13H21N5/c1-2-6-14-11(3-1)8-15-12-7-13(17-9-16-12)18-10-4-5-10/h7,9-11,14H,1-6,8H2,(H2,15,16,17,18). The Balaban J connectivity index is 1.51. The molecule has 0 radical (unpaired) electrons. The van der Waals surface area contributed by atoms with E-state index in [4.69, 9.17) is 0 Å². The Morgan fingerprint density at radius 3 is 2.83 bits per heavy atom. The van der Waals surface area contributed by atoms with Crippen LogP contribution in [0.3, 0.4) is 0 Å². The van der Waals surface area contributed by atoms with Gasteiger partial charge < -0.3 is 16.0 Å². The average Bonchev–Trinajstić information content (AvgIpc) is 3.22. The van der Waals surface area contributed by atoms with Crippen molar-refractivity contribution in [1.29, 1.82) is 0 Å². The lowest BCUT2D eigenvalue weighted by atomic mass is 10.1. The maximum Gasteiger partial charge on any atom is 0.131 e. The zero-order chi connectivity index (χ0) is 12.2. The fraction of sp³-hybridized carbons (Fsp3) is 0.692. The minimum absolute atomic E-state index is 0.577. The van der Waals surface area contributed by atoms with Crippen LogP contribution in [-0.4, -0.2) is 35.1 Å². The van der Waals surface area contributed by atoms with Gasteiger partial charge >= 0.3 is 0 Å². The van der Waals surface area contributed by atoms with Crippen molar-refractivity contribution in [3.63, 3.8) is 0 Å². The van der Waals surface area contributed by atoms with Crippen molar-refractivity contribution < 1.29 is 0 Å². The summed E-state index contributed by atoms with van der Waals surface area (Å²) in [5.74, 6) is 1.85. The number of rotatable bonds is 5. The molecule has 0 amide bonds. The van der Waals surface area contributed by atoms with Crippen LogP contribution in [0.2, 0.25) is 0 Å². The largest absolute Gasteiger partial charge is 0.368 e. The van der Waals surface area contributed by atoms with Crippen molar-refractivity contribution in [1.82, 2.24) is 15.3 Å². The molecule has 98 valence electrons. The molecule has 1 aliphatic carbocycles. The van der Waals surface area contributed by atoms with E-state index in [-0.39, 0.29) is 0 Å². The molecule has 1 aromatic heterocycles. The van der Waals surface area contributed by atoms with Gasteiger partial charge in [-0.3, -0.25) is 0 Å². The van der Waals surface area contributed by atoms with Gasteiger partial charge in [-0.2, -0.15) is 0 Å². The van der Waals surface area contributed by atoms with E-state index in [0.29, 0.717) is 12.1 Å². The monoisotopic (exact) mass is 247 g/mol. The van der Waals surface area contributed by atoms with Crippen molar-refractivity contribution >= 4 is 11.6 Å². The van der Waals surface area contributed by atoms with E-state index in [2.05, 4.69) is 25.9 Å². The van der Waals surface area contributed by atoms with Gasteiger partial charge in [0.2, 0.25) is 0 Å². The van der Waals surface area contributed by atoms with Gasteiger partial charge in [-0.1, -0.05) is 6.42 Å². The summed E-state index contributed by atoms with van der Waals surface area (Å²) in [5.41, 5.74) is 0. The number of aromatic nitrogens is 2. The molecule has 1 aromatic rings. The van der Waals surface area contributed by atoms with Crippen LogP contribution in [0, 0.1) is 0 Å². The summed E-state index contributed by atoms with van der Waals surface area (Å²) in [6.45, 7) is 2.09. The molecule has 1 aliphatic heterocycles. The van der Waals surface area contributed by atoms with E-state index in [1.54, 1.807) is 6.33 Å². The third-order valence-corrected chi connectivity index (χ3v) is 3.54. The zero-order valence-corrected chi connectivity index (χ0v) is 10.7. The van der Waals surface area contributed by atoms with Gasteiger partial charge in [0.1, 0.15) is 18.0 Å². The molecule has 2 heterocycles. The molecule has 18 heavy (non-hydrogen) atoms. The van der Waals surface area contributed by atoms with Gasteiger partial charge in [-0.05, 0) is 32.2 Å². The second kappa shape index (κ2) is 5.52. The summed E-state index contributed by atoms with van der Waals surface area (Å²) in [6, 6.07) is 3.21. The lowest BCUT2D eigenvalue weighted by Crippen LogP contribution is -2.39. The lowest BCUT2D eigenvalue weighted by Gasteiger charge is -2.23. The predicted molar refractivity (Wildman–Crippen MR) is 72.8 cm³/mol. The first-order valence-electron chi connectivity index (χ1n) is 6.96. The van der Waals surface area contributed by atoms with Crippen LogP contribution in [0.25, 0.3) is 0 Å². The summed E-state index contributed by atoms with van der Waals surface area (Å²) in [5, 5.41) is 10.3. The van der Waals surface area contributed by atoms with Gasteiger partial charge in [0.25, 0.3) is 0 Å². The van der Waals surface area contributed by atoms with Crippen LogP contribution in [0.1, 0.15) is 32.1 Å². The Hall–Kier alpha value is -1.36. The third kappa shape index (κ3) is 3.32. The second-order valence-corrected chi connectivity index (χ2v) is 5.23. The number of hydrogen-bond donors (Lipinski definition) is 3. The molecule has 1 unspecified atom stereocenters. The van der Waals surface area contributed by atoms with Gasteiger partial charge in [-0.25, -0.2) is 9.97 Å². The Morgan fingerprint density at radius 2 is 2.06 bits per heavy atom. The van der Waals surface area contributed by atoms with Gasteiger partial charge in [0.15, 0.2) is 0 Å². The molecular formula is C13H21N5. The quantitative estimate of drug-likeness (QED) is 0.738. The maximum atomic E-state index is 4.26. The summed E-state index contributed by atoms with van der Waals surface area (Å²) >= 11 is 0. The summed E-state index contributed by atoms with van der Waals surface area (Å²) in [6.07, 6.45) is 8.04. The second-order valence-electron chi connectivity index (χ2n) is 5.23. The van der Waals surface area contributed by atoms with E-state index >= 15 is 0 Å². The number of nitrogens with zero attached hydrogens (tertiary/aromatic N) is 2. The highest BCUT2D eigenvalue weighted by Crippen LogP contribution is 2.24. The topological polar surface area (TPSA) is 61.9 Å². The van der Waals surface area contributed by atoms with Crippen LogP contribution in [-0.2, 0) is 0 Å². The molecular weight excluding hydrogens is 226 g/mol. The van der Waals surface area contributed by atoms with E-state index in [1.807, 2.05) is 6.07 Å². The van der Waals surface area contributed by atoms with Crippen molar-refractivity contribution in [2.75, 3.05) is 23.7 Å². The van der Waals surface area contributed by atoms with E-state index in [1.165, 1.54) is 32.1 Å². The van der Waals surface area contributed by atoms with Gasteiger partial charge in [0.05, 0.1) is 0 Å².